The Kier molecular flexibility index (Phi) is 5.69. The van der Waals surface area contributed by atoms with Crippen LogP contribution < -0.4 is 11.1 Å². The molecule has 0 fully saturated rings. The zero-order chi connectivity index (χ0) is 19.4. The van der Waals surface area contributed by atoms with Crippen molar-refractivity contribution < 1.29 is 14.5 Å². The maximum Gasteiger partial charge on any atom is 0.269 e. The number of rotatable bonds is 6. The number of thiophene rings is 1. The zero-order valence-electron chi connectivity index (χ0n) is 14.1. The third-order valence-electron chi connectivity index (χ3n) is 3.95. The van der Waals surface area contributed by atoms with E-state index in [0.717, 1.165) is 11.3 Å². The van der Waals surface area contributed by atoms with Gasteiger partial charge in [-0.2, -0.15) is 5.26 Å². The molecule has 1 heterocycles. The molecule has 8 nitrogen and oxygen atoms in total. The van der Waals surface area contributed by atoms with Crippen LogP contribution in [0.2, 0.25) is 0 Å². The van der Waals surface area contributed by atoms with Gasteiger partial charge in [0.2, 0.25) is 5.91 Å². The summed E-state index contributed by atoms with van der Waals surface area (Å²) in [6.45, 7) is 3.41. The van der Waals surface area contributed by atoms with E-state index in [9.17, 15) is 25.0 Å². The van der Waals surface area contributed by atoms with Crippen molar-refractivity contribution in [3.05, 3.63) is 55.9 Å². The van der Waals surface area contributed by atoms with Crippen LogP contribution in [-0.2, 0) is 4.79 Å². The van der Waals surface area contributed by atoms with Gasteiger partial charge in [0.15, 0.2) is 0 Å². The SMILES string of the molecule is CCC(C(=O)Nc1sc(C(N)=O)c(C)c1C#N)c1ccc([N+](=O)[O-])cc1. The molecular formula is C17H16N4O4S. The highest BCUT2D eigenvalue weighted by molar-refractivity contribution is 7.18. The summed E-state index contributed by atoms with van der Waals surface area (Å²) < 4.78 is 0. The minimum absolute atomic E-state index is 0.0595. The van der Waals surface area contributed by atoms with Gasteiger partial charge < -0.3 is 11.1 Å². The van der Waals surface area contributed by atoms with Crippen LogP contribution in [0.3, 0.4) is 0 Å². The fourth-order valence-corrected chi connectivity index (χ4v) is 3.58. The minimum Gasteiger partial charge on any atom is -0.365 e. The van der Waals surface area contributed by atoms with E-state index in [1.165, 1.54) is 24.3 Å². The first-order valence-electron chi connectivity index (χ1n) is 7.68. The fourth-order valence-electron chi connectivity index (χ4n) is 2.57. The second kappa shape index (κ2) is 7.76. The number of nitro benzene ring substituents is 1. The highest BCUT2D eigenvalue weighted by atomic mass is 32.1. The molecule has 1 unspecified atom stereocenters. The summed E-state index contributed by atoms with van der Waals surface area (Å²) in [7, 11) is 0. The third kappa shape index (κ3) is 3.70. The van der Waals surface area contributed by atoms with Crippen LogP contribution in [0.1, 0.15) is 45.6 Å². The Morgan fingerprint density at radius 3 is 2.46 bits per heavy atom. The molecule has 1 aromatic heterocycles. The number of carbonyl (C=O) groups excluding carboxylic acids is 2. The number of nitrogens with two attached hydrogens (primary N) is 1. The van der Waals surface area contributed by atoms with E-state index in [4.69, 9.17) is 5.73 Å². The Morgan fingerprint density at radius 2 is 2.00 bits per heavy atom. The second-order valence-corrected chi connectivity index (χ2v) is 6.56. The van der Waals surface area contributed by atoms with E-state index >= 15 is 0 Å². The summed E-state index contributed by atoms with van der Waals surface area (Å²) in [5.41, 5.74) is 6.49. The summed E-state index contributed by atoms with van der Waals surface area (Å²) in [5, 5.41) is 23.0. The Labute approximate surface area is 153 Å². The van der Waals surface area contributed by atoms with E-state index in [-0.39, 0.29) is 27.0 Å². The number of nitrogens with one attached hydrogen (secondary N) is 1. The van der Waals surface area contributed by atoms with Crippen LogP contribution in [-0.4, -0.2) is 16.7 Å². The average Bonchev–Trinajstić information content (AvgIpc) is 2.91. The highest BCUT2D eigenvalue weighted by Crippen LogP contribution is 2.33. The van der Waals surface area contributed by atoms with Crippen molar-refractivity contribution in [3.63, 3.8) is 0 Å². The van der Waals surface area contributed by atoms with Crippen LogP contribution in [0.15, 0.2) is 24.3 Å². The second-order valence-electron chi connectivity index (χ2n) is 5.54. The lowest BCUT2D eigenvalue weighted by Gasteiger charge is -2.14. The zero-order valence-corrected chi connectivity index (χ0v) is 14.9. The first kappa shape index (κ1) is 19.1. The predicted molar refractivity (Wildman–Crippen MR) is 97.0 cm³/mol. The van der Waals surface area contributed by atoms with E-state index in [0.29, 0.717) is 17.5 Å². The van der Waals surface area contributed by atoms with Crippen LogP contribution >= 0.6 is 11.3 Å². The quantitative estimate of drug-likeness (QED) is 0.592. The first-order chi connectivity index (χ1) is 12.3. The summed E-state index contributed by atoms with van der Waals surface area (Å²) in [5.74, 6) is -1.58. The summed E-state index contributed by atoms with van der Waals surface area (Å²) in [6.07, 6.45) is 0.457. The normalized spacial score (nSPS) is 11.4. The molecule has 0 aliphatic heterocycles. The standard InChI is InChI=1S/C17H16N4O4S/c1-3-12(10-4-6-11(7-5-10)21(24)25)16(23)20-17-13(8-18)9(2)14(26-17)15(19)22/h4-7,12H,3H2,1-2H3,(H2,19,22)(H,20,23). The number of nitrogens with zero attached hydrogens (tertiary/aromatic N) is 2. The van der Waals surface area contributed by atoms with E-state index in [1.807, 2.05) is 13.0 Å². The molecule has 0 aliphatic rings. The number of nitro groups is 1. The van der Waals surface area contributed by atoms with Crippen LogP contribution in [0, 0.1) is 28.4 Å². The number of non-ortho nitro benzene ring substituents is 1. The summed E-state index contributed by atoms with van der Waals surface area (Å²) in [6, 6.07) is 7.72. The van der Waals surface area contributed by atoms with Crippen molar-refractivity contribution in [1.82, 2.24) is 0 Å². The Hall–Kier alpha value is -3.25. The number of carbonyl (C=O) groups is 2. The van der Waals surface area contributed by atoms with Crippen LogP contribution in [0.5, 0.6) is 0 Å². The van der Waals surface area contributed by atoms with Crippen molar-refractivity contribution >= 4 is 33.8 Å². The molecule has 2 aromatic rings. The van der Waals surface area contributed by atoms with Crippen molar-refractivity contribution in [2.24, 2.45) is 5.73 Å². The Morgan fingerprint density at radius 1 is 1.38 bits per heavy atom. The molecule has 0 saturated carbocycles. The van der Waals surface area contributed by atoms with Crippen molar-refractivity contribution in [3.8, 4) is 6.07 Å². The Bertz CT molecular complexity index is 912. The number of benzene rings is 1. The number of primary amides is 1. The predicted octanol–water partition coefficient (Wildman–Crippen LogP) is 3.07. The van der Waals surface area contributed by atoms with Gasteiger partial charge in [-0.05, 0) is 24.5 Å². The van der Waals surface area contributed by atoms with Gasteiger partial charge in [-0.1, -0.05) is 19.1 Å². The van der Waals surface area contributed by atoms with Gasteiger partial charge >= 0.3 is 0 Å². The maximum atomic E-state index is 12.7. The Balaban J connectivity index is 2.30. The molecule has 2 rings (SSSR count). The lowest BCUT2D eigenvalue weighted by atomic mass is 9.95. The molecule has 2 amide bonds. The minimum atomic E-state index is -0.660. The molecule has 3 N–H and O–H groups in total. The molecule has 1 aromatic carbocycles. The molecular weight excluding hydrogens is 356 g/mol. The molecule has 9 heteroatoms. The molecule has 1 atom stereocenters. The van der Waals surface area contributed by atoms with Gasteiger partial charge in [0, 0.05) is 12.1 Å². The van der Waals surface area contributed by atoms with E-state index in [1.54, 1.807) is 6.92 Å². The lowest BCUT2D eigenvalue weighted by molar-refractivity contribution is -0.384. The largest absolute Gasteiger partial charge is 0.365 e. The molecule has 26 heavy (non-hydrogen) atoms. The number of hydrogen-bond acceptors (Lipinski definition) is 6. The van der Waals surface area contributed by atoms with Gasteiger partial charge in [0.25, 0.3) is 11.6 Å². The van der Waals surface area contributed by atoms with Crippen LogP contribution in [0.4, 0.5) is 10.7 Å². The van der Waals surface area contributed by atoms with Crippen molar-refractivity contribution in [2.45, 2.75) is 26.2 Å². The molecule has 0 aliphatic carbocycles. The number of amides is 2. The number of anilines is 1. The van der Waals surface area contributed by atoms with Gasteiger partial charge in [-0.15, -0.1) is 11.3 Å². The average molecular weight is 372 g/mol. The third-order valence-corrected chi connectivity index (χ3v) is 5.17. The lowest BCUT2D eigenvalue weighted by Crippen LogP contribution is -2.20. The summed E-state index contributed by atoms with van der Waals surface area (Å²) >= 11 is 0.958. The van der Waals surface area contributed by atoms with E-state index < -0.39 is 16.7 Å². The molecule has 0 radical (unpaired) electrons. The maximum absolute atomic E-state index is 12.7. The first-order valence-corrected chi connectivity index (χ1v) is 8.50. The van der Waals surface area contributed by atoms with Crippen molar-refractivity contribution in [2.75, 3.05) is 5.32 Å². The molecule has 134 valence electrons. The number of hydrogen-bond donors (Lipinski definition) is 2. The van der Waals surface area contributed by atoms with Gasteiger partial charge in [0.1, 0.15) is 11.1 Å². The topological polar surface area (TPSA) is 139 Å². The smallest absolute Gasteiger partial charge is 0.269 e. The monoisotopic (exact) mass is 372 g/mol. The highest BCUT2D eigenvalue weighted by Gasteiger charge is 2.24. The van der Waals surface area contributed by atoms with Gasteiger partial charge in [-0.25, -0.2) is 0 Å². The number of nitriles is 1. The van der Waals surface area contributed by atoms with Gasteiger partial charge in [-0.3, -0.25) is 19.7 Å². The fraction of sp³-hybridized carbons (Fsp3) is 0.235. The van der Waals surface area contributed by atoms with Gasteiger partial charge in [0.05, 0.1) is 21.3 Å². The van der Waals surface area contributed by atoms with E-state index in [2.05, 4.69) is 5.32 Å². The molecule has 0 spiro atoms. The molecule has 0 saturated heterocycles. The molecule has 0 bridgehead atoms. The van der Waals surface area contributed by atoms with Crippen LogP contribution in [0.25, 0.3) is 0 Å². The summed E-state index contributed by atoms with van der Waals surface area (Å²) in [4.78, 5) is 34.6. The van der Waals surface area contributed by atoms with Crippen molar-refractivity contribution in [1.29, 1.82) is 5.26 Å².